The van der Waals surface area contributed by atoms with Gasteiger partial charge in [0.05, 0.1) is 6.04 Å². The van der Waals surface area contributed by atoms with E-state index in [9.17, 15) is 4.79 Å². The van der Waals surface area contributed by atoms with Gasteiger partial charge in [0.1, 0.15) is 0 Å². The van der Waals surface area contributed by atoms with Crippen LogP contribution in [0.15, 0.2) is 24.3 Å². The molecule has 0 bridgehead atoms. The zero-order chi connectivity index (χ0) is 14.7. The first kappa shape index (κ1) is 15.2. The zero-order valence-corrected chi connectivity index (χ0v) is 13.2. The Morgan fingerprint density at radius 1 is 1.20 bits per heavy atom. The molecule has 0 heterocycles. The molecular formula is C18H27NO. The Kier molecular flexibility index (Phi) is 4.98. The van der Waals surface area contributed by atoms with Crippen molar-refractivity contribution < 1.29 is 4.79 Å². The highest BCUT2D eigenvalue weighted by molar-refractivity contribution is 5.99. The second-order valence-corrected chi connectivity index (χ2v) is 6.40. The lowest BCUT2D eigenvalue weighted by Gasteiger charge is -2.39. The second-order valence-electron chi connectivity index (χ2n) is 6.40. The highest BCUT2D eigenvalue weighted by Gasteiger charge is 2.30. The Bertz CT molecular complexity index is 451. The molecule has 1 saturated carbocycles. The molecule has 2 rings (SSSR count). The summed E-state index contributed by atoms with van der Waals surface area (Å²) in [5.74, 6) is 0.937. The van der Waals surface area contributed by atoms with Crippen molar-refractivity contribution >= 4 is 5.78 Å². The maximum atomic E-state index is 12.6. The van der Waals surface area contributed by atoms with Gasteiger partial charge < -0.3 is 0 Å². The van der Waals surface area contributed by atoms with Crippen molar-refractivity contribution in [1.82, 2.24) is 4.90 Å². The lowest BCUT2D eigenvalue weighted by atomic mass is 9.84. The lowest BCUT2D eigenvalue weighted by Crippen LogP contribution is -2.47. The maximum Gasteiger partial charge on any atom is 0.179 e. The van der Waals surface area contributed by atoms with Crippen LogP contribution < -0.4 is 0 Å². The van der Waals surface area contributed by atoms with E-state index < -0.39 is 0 Å². The van der Waals surface area contributed by atoms with Crippen LogP contribution in [0.4, 0.5) is 0 Å². The molecule has 20 heavy (non-hydrogen) atoms. The van der Waals surface area contributed by atoms with Crippen molar-refractivity contribution in [2.45, 2.75) is 58.5 Å². The standard InChI is InChI=1S/C18H27NO/c1-13-9-11-16(12-10-13)18(20)15(3)19(4)17-8-6-5-7-14(17)2/h9-12,14-15,17H,5-8H2,1-4H3. The van der Waals surface area contributed by atoms with E-state index in [1.807, 2.05) is 38.1 Å². The predicted molar refractivity (Wildman–Crippen MR) is 84.2 cm³/mol. The molecule has 1 fully saturated rings. The molecule has 0 spiro atoms. The maximum absolute atomic E-state index is 12.6. The van der Waals surface area contributed by atoms with Crippen LogP contribution in [0.25, 0.3) is 0 Å². The Labute approximate surface area is 123 Å². The molecule has 2 nitrogen and oxygen atoms in total. The van der Waals surface area contributed by atoms with Gasteiger partial charge in [-0.25, -0.2) is 0 Å². The Morgan fingerprint density at radius 3 is 2.40 bits per heavy atom. The largest absolute Gasteiger partial charge is 0.293 e. The number of carbonyl (C=O) groups excluding carboxylic acids is 1. The molecule has 0 saturated heterocycles. The van der Waals surface area contributed by atoms with Crippen molar-refractivity contribution in [2.75, 3.05) is 7.05 Å². The molecule has 3 atom stereocenters. The summed E-state index contributed by atoms with van der Waals surface area (Å²) >= 11 is 0. The molecule has 0 radical (unpaired) electrons. The average Bonchev–Trinajstić information content (AvgIpc) is 2.46. The molecule has 110 valence electrons. The molecular weight excluding hydrogens is 246 g/mol. The van der Waals surface area contributed by atoms with Crippen LogP contribution in [0, 0.1) is 12.8 Å². The Hall–Kier alpha value is -1.15. The third-order valence-electron chi connectivity index (χ3n) is 4.92. The fraction of sp³-hybridized carbons (Fsp3) is 0.611. The summed E-state index contributed by atoms with van der Waals surface area (Å²) in [5, 5.41) is 0. The second kappa shape index (κ2) is 6.53. The molecule has 0 amide bonds. The Morgan fingerprint density at radius 2 is 1.80 bits per heavy atom. The van der Waals surface area contributed by atoms with Crippen LogP contribution in [-0.4, -0.2) is 29.8 Å². The van der Waals surface area contributed by atoms with Crippen molar-refractivity contribution in [3.63, 3.8) is 0 Å². The molecule has 1 aromatic carbocycles. The number of ketones is 1. The topological polar surface area (TPSA) is 20.3 Å². The number of likely N-dealkylation sites (N-methyl/N-ethyl adjacent to an activating group) is 1. The van der Waals surface area contributed by atoms with Crippen molar-refractivity contribution in [3.05, 3.63) is 35.4 Å². The van der Waals surface area contributed by atoms with E-state index in [0.717, 1.165) is 5.56 Å². The summed E-state index contributed by atoms with van der Waals surface area (Å²) in [6.07, 6.45) is 5.15. The van der Waals surface area contributed by atoms with Gasteiger partial charge in [-0.05, 0) is 39.7 Å². The van der Waals surface area contributed by atoms with E-state index in [0.29, 0.717) is 12.0 Å². The van der Waals surface area contributed by atoms with Crippen LogP contribution in [0.3, 0.4) is 0 Å². The fourth-order valence-corrected chi connectivity index (χ4v) is 3.33. The average molecular weight is 273 g/mol. The number of hydrogen-bond donors (Lipinski definition) is 0. The van der Waals surface area contributed by atoms with Gasteiger partial charge in [0.2, 0.25) is 0 Å². The van der Waals surface area contributed by atoms with E-state index in [4.69, 9.17) is 0 Å². The third kappa shape index (κ3) is 3.29. The van der Waals surface area contributed by atoms with Crippen molar-refractivity contribution in [1.29, 1.82) is 0 Å². The van der Waals surface area contributed by atoms with E-state index in [2.05, 4.69) is 18.9 Å². The summed E-state index contributed by atoms with van der Waals surface area (Å²) < 4.78 is 0. The first-order valence-electron chi connectivity index (χ1n) is 7.83. The minimum atomic E-state index is -0.0387. The monoisotopic (exact) mass is 273 g/mol. The van der Waals surface area contributed by atoms with E-state index in [1.165, 1.54) is 31.2 Å². The number of rotatable bonds is 4. The summed E-state index contributed by atoms with van der Waals surface area (Å²) in [5.41, 5.74) is 2.03. The minimum absolute atomic E-state index is 0.0387. The van der Waals surface area contributed by atoms with Gasteiger partial charge in [0.25, 0.3) is 0 Å². The number of Topliss-reactive ketones (excluding diaryl/α,β-unsaturated/α-hetero) is 1. The zero-order valence-electron chi connectivity index (χ0n) is 13.2. The van der Waals surface area contributed by atoms with Crippen molar-refractivity contribution in [2.24, 2.45) is 5.92 Å². The van der Waals surface area contributed by atoms with E-state index in [1.54, 1.807) is 0 Å². The number of carbonyl (C=O) groups is 1. The molecule has 1 aromatic rings. The fourth-order valence-electron chi connectivity index (χ4n) is 3.33. The van der Waals surface area contributed by atoms with Gasteiger partial charge in [0, 0.05) is 11.6 Å². The quantitative estimate of drug-likeness (QED) is 0.771. The van der Waals surface area contributed by atoms with Crippen LogP contribution in [-0.2, 0) is 0 Å². The van der Waals surface area contributed by atoms with Crippen molar-refractivity contribution in [3.8, 4) is 0 Å². The van der Waals surface area contributed by atoms with E-state index in [-0.39, 0.29) is 11.8 Å². The predicted octanol–water partition coefficient (Wildman–Crippen LogP) is 4.08. The number of nitrogens with zero attached hydrogens (tertiary/aromatic N) is 1. The summed E-state index contributed by atoms with van der Waals surface area (Å²) in [6.45, 7) is 6.42. The van der Waals surface area contributed by atoms with Crippen LogP contribution >= 0.6 is 0 Å². The SMILES string of the molecule is Cc1ccc(C(=O)C(C)N(C)C2CCCCC2C)cc1. The molecule has 1 aliphatic rings. The summed E-state index contributed by atoms with van der Waals surface area (Å²) in [6, 6.07) is 8.45. The molecule has 0 aromatic heterocycles. The van der Waals surface area contributed by atoms with Crippen LogP contribution in [0.1, 0.15) is 55.5 Å². The lowest BCUT2D eigenvalue weighted by molar-refractivity contribution is 0.0692. The van der Waals surface area contributed by atoms with Gasteiger partial charge in [-0.3, -0.25) is 9.69 Å². The first-order valence-corrected chi connectivity index (χ1v) is 7.83. The summed E-state index contributed by atoms with van der Waals surface area (Å²) in [7, 11) is 2.11. The minimum Gasteiger partial charge on any atom is -0.293 e. The molecule has 1 aliphatic carbocycles. The number of aryl methyl sites for hydroxylation is 1. The van der Waals surface area contributed by atoms with Gasteiger partial charge in [0.15, 0.2) is 5.78 Å². The highest BCUT2D eigenvalue weighted by Crippen LogP contribution is 2.29. The number of benzene rings is 1. The first-order chi connectivity index (χ1) is 9.50. The molecule has 3 unspecified atom stereocenters. The molecule has 2 heteroatoms. The summed E-state index contributed by atoms with van der Waals surface area (Å²) in [4.78, 5) is 14.9. The van der Waals surface area contributed by atoms with Gasteiger partial charge in [-0.2, -0.15) is 0 Å². The smallest absolute Gasteiger partial charge is 0.179 e. The highest BCUT2D eigenvalue weighted by atomic mass is 16.1. The Balaban J connectivity index is 2.07. The number of hydrogen-bond acceptors (Lipinski definition) is 2. The molecule has 0 N–H and O–H groups in total. The molecule has 0 aliphatic heterocycles. The van der Waals surface area contributed by atoms with Gasteiger partial charge in [-0.15, -0.1) is 0 Å². The van der Waals surface area contributed by atoms with E-state index >= 15 is 0 Å². The van der Waals surface area contributed by atoms with Gasteiger partial charge in [-0.1, -0.05) is 49.6 Å². The third-order valence-corrected chi connectivity index (χ3v) is 4.92. The normalized spacial score (nSPS) is 24.6. The van der Waals surface area contributed by atoms with Crippen LogP contribution in [0.5, 0.6) is 0 Å². The van der Waals surface area contributed by atoms with Gasteiger partial charge >= 0.3 is 0 Å². The van der Waals surface area contributed by atoms with Crippen LogP contribution in [0.2, 0.25) is 0 Å².